The van der Waals surface area contributed by atoms with Crippen LogP contribution in [-0.2, 0) is 15.9 Å². The molecule has 152 valence electrons. The van der Waals surface area contributed by atoms with Crippen molar-refractivity contribution < 1.29 is 9.47 Å². The van der Waals surface area contributed by atoms with Gasteiger partial charge in [-0.05, 0) is 30.4 Å². The van der Waals surface area contributed by atoms with Crippen LogP contribution in [0.2, 0.25) is 0 Å². The highest BCUT2D eigenvalue weighted by Crippen LogP contribution is 2.45. The van der Waals surface area contributed by atoms with Gasteiger partial charge in [-0.1, -0.05) is 0 Å². The Hall–Kier alpha value is -2.45. The third kappa shape index (κ3) is 3.02. The first-order chi connectivity index (χ1) is 14.3. The van der Waals surface area contributed by atoms with Gasteiger partial charge in [0, 0.05) is 43.4 Å². The predicted molar refractivity (Wildman–Crippen MR) is 110 cm³/mol. The van der Waals surface area contributed by atoms with Crippen LogP contribution in [0.3, 0.4) is 0 Å². The van der Waals surface area contributed by atoms with Crippen molar-refractivity contribution in [2.75, 3.05) is 61.6 Å². The van der Waals surface area contributed by atoms with E-state index in [1.165, 1.54) is 24.0 Å². The highest BCUT2D eigenvalue weighted by Gasteiger charge is 2.38. The Bertz CT molecular complexity index is 941. The van der Waals surface area contributed by atoms with E-state index in [9.17, 15) is 0 Å². The van der Waals surface area contributed by atoms with Crippen LogP contribution in [0.4, 0.5) is 17.5 Å². The molecule has 2 aromatic rings. The van der Waals surface area contributed by atoms with Crippen LogP contribution in [0, 0.1) is 0 Å². The lowest BCUT2D eigenvalue weighted by Gasteiger charge is -2.31. The number of rotatable bonds is 3. The summed E-state index contributed by atoms with van der Waals surface area (Å²) in [5, 5.41) is 0. The topological polar surface area (TPSA) is 89.6 Å². The molecule has 3 fully saturated rings. The normalized spacial score (nSPS) is 23.8. The van der Waals surface area contributed by atoms with Crippen molar-refractivity contribution in [3.05, 3.63) is 23.4 Å². The van der Waals surface area contributed by atoms with Crippen molar-refractivity contribution in [2.45, 2.75) is 31.2 Å². The van der Waals surface area contributed by atoms with Crippen LogP contribution in [0.5, 0.6) is 0 Å². The number of nitrogens with zero attached hydrogens (tertiary/aromatic N) is 5. The zero-order chi connectivity index (χ0) is 19.4. The quantitative estimate of drug-likeness (QED) is 0.840. The first kappa shape index (κ1) is 17.4. The van der Waals surface area contributed by atoms with Gasteiger partial charge in [-0.15, -0.1) is 0 Å². The highest BCUT2D eigenvalue weighted by atomic mass is 16.5. The number of nitrogen functional groups attached to an aromatic ring is 1. The lowest BCUT2D eigenvalue weighted by Crippen LogP contribution is -2.43. The molecule has 1 saturated carbocycles. The predicted octanol–water partition coefficient (Wildman–Crippen LogP) is 1.60. The highest BCUT2D eigenvalue weighted by molar-refractivity contribution is 5.72. The van der Waals surface area contributed by atoms with E-state index in [1.807, 2.05) is 12.3 Å². The number of hydrogen-bond donors (Lipinski definition) is 1. The fraction of sp³-hybridized carbons (Fsp3) is 0.571. The molecule has 0 unspecified atom stereocenters. The zero-order valence-corrected chi connectivity index (χ0v) is 16.5. The Morgan fingerprint density at radius 1 is 1.00 bits per heavy atom. The molecule has 2 N–H and O–H groups in total. The third-order valence-electron chi connectivity index (χ3n) is 6.43. The summed E-state index contributed by atoms with van der Waals surface area (Å²) < 4.78 is 11.3. The Kier molecular flexibility index (Phi) is 4.09. The van der Waals surface area contributed by atoms with E-state index in [2.05, 4.69) is 14.8 Å². The zero-order valence-electron chi connectivity index (χ0n) is 16.5. The van der Waals surface area contributed by atoms with Gasteiger partial charge in [0.05, 0.1) is 32.5 Å². The fourth-order valence-electron chi connectivity index (χ4n) is 4.78. The van der Waals surface area contributed by atoms with Gasteiger partial charge in [-0.25, -0.2) is 15.0 Å². The molecular formula is C21H26N6O2. The minimum atomic E-state index is 0.357. The van der Waals surface area contributed by atoms with Gasteiger partial charge in [0.1, 0.15) is 17.5 Å². The number of hydrogen-bond acceptors (Lipinski definition) is 8. The van der Waals surface area contributed by atoms with Crippen molar-refractivity contribution in [3.8, 4) is 11.4 Å². The molecular weight excluding hydrogens is 368 g/mol. The summed E-state index contributed by atoms with van der Waals surface area (Å²) >= 11 is 0. The summed E-state index contributed by atoms with van der Waals surface area (Å²) in [6.07, 6.45) is 5.20. The monoisotopic (exact) mass is 394 g/mol. The van der Waals surface area contributed by atoms with Crippen LogP contribution in [0.15, 0.2) is 12.3 Å². The van der Waals surface area contributed by atoms with Gasteiger partial charge in [0.25, 0.3) is 0 Å². The van der Waals surface area contributed by atoms with Crippen molar-refractivity contribution in [2.24, 2.45) is 0 Å². The van der Waals surface area contributed by atoms with Gasteiger partial charge in [-0.2, -0.15) is 0 Å². The molecule has 8 nitrogen and oxygen atoms in total. The van der Waals surface area contributed by atoms with E-state index in [0.717, 1.165) is 75.5 Å². The Morgan fingerprint density at radius 3 is 2.62 bits per heavy atom. The molecule has 0 amide bonds. The summed E-state index contributed by atoms with van der Waals surface area (Å²) in [4.78, 5) is 19.3. The second kappa shape index (κ2) is 6.81. The fourth-order valence-corrected chi connectivity index (χ4v) is 4.78. The Labute approximate surface area is 170 Å². The van der Waals surface area contributed by atoms with Gasteiger partial charge >= 0.3 is 0 Å². The van der Waals surface area contributed by atoms with Gasteiger partial charge in [0.2, 0.25) is 0 Å². The molecule has 1 aliphatic carbocycles. The maximum atomic E-state index is 6.00. The molecule has 5 heterocycles. The number of morpholine rings is 2. The van der Waals surface area contributed by atoms with Gasteiger partial charge in [0.15, 0.2) is 5.82 Å². The number of ether oxygens (including phenoxy) is 2. The molecule has 0 radical (unpaired) electrons. The Balaban J connectivity index is 1.50. The van der Waals surface area contributed by atoms with E-state index < -0.39 is 0 Å². The molecule has 4 aliphatic rings. The maximum absolute atomic E-state index is 6.00. The second-order valence-corrected chi connectivity index (χ2v) is 8.37. The molecule has 2 aromatic heterocycles. The summed E-state index contributed by atoms with van der Waals surface area (Å²) in [6.45, 7) is 5.58. The van der Waals surface area contributed by atoms with E-state index >= 15 is 0 Å². The number of aromatic nitrogens is 3. The first-order valence-corrected chi connectivity index (χ1v) is 10.6. The molecule has 2 saturated heterocycles. The molecule has 29 heavy (non-hydrogen) atoms. The standard InChI is InChI=1S/C21H26N6O2/c22-18-10-15(13-1-2-13)17(11-23-18)19-24-20(26-3-6-28-7-4-26)16-9-14-12-29-8-5-27(14)21(16)25-19/h10-11,13-14H,1-9,12H2,(H2,22,23)/t14-/m0/s1. The van der Waals surface area contributed by atoms with Crippen LogP contribution in [0.1, 0.15) is 29.9 Å². The van der Waals surface area contributed by atoms with E-state index in [0.29, 0.717) is 17.8 Å². The van der Waals surface area contributed by atoms with Gasteiger partial charge in [-0.3, -0.25) is 0 Å². The first-order valence-electron chi connectivity index (χ1n) is 10.6. The van der Waals surface area contributed by atoms with Crippen molar-refractivity contribution in [1.82, 2.24) is 15.0 Å². The van der Waals surface area contributed by atoms with Crippen molar-refractivity contribution in [1.29, 1.82) is 0 Å². The number of nitrogens with two attached hydrogens (primary N) is 1. The second-order valence-electron chi connectivity index (χ2n) is 8.37. The molecule has 8 heteroatoms. The average molecular weight is 394 g/mol. The van der Waals surface area contributed by atoms with E-state index in [1.54, 1.807) is 0 Å². The molecule has 0 aromatic carbocycles. The van der Waals surface area contributed by atoms with Crippen LogP contribution in [-0.4, -0.2) is 67.1 Å². The van der Waals surface area contributed by atoms with E-state index in [4.69, 9.17) is 25.2 Å². The SMILES string of the molecule is Nc1cc(C2CC2)c(-c2nc(N3CCOCC3)c3c(n2)N2CCOC[C@@H]2C3)cn1. The van der Waals surface area contributed by atoms with Crippen LogP contribution < -0.4 is 15.5 Å². The largest absolute Gasteiger partial charge is 0.384 e. The van der Waals surface area contributed by atoms with Crippen molar-refractivity contribution in [3.63, 3.8) is 0 Å². The summed E-state index contributed by atoms with van der Waals surface area (Å²) in [5.74, 6) is 4.02. The third-order valence-corrected chi connectivity index (χ3v) is 6.43. The molecule has 0 spiro atoms. The van der Waals surface area contributed by atoms with Crippen molar-refractivity contribution >= 4 is 17.5 Å². The molecule has 0 bridgehead atoms. The molecule has 3 aliphatic heterocycles. The lowest BCUT2D eigenvalue weighted by atomic mass is 10.0. The summed E-state index contributed by atoms with van der Waals surface area (Å²) in [5.41, 5.74) is 9.51. The Morgan fingerprint density at radius 2 is 1.79 bits per heavy atom. The average Bonchev–Trinajstić information content (AvgIpc) is 3.54. The minimum absolute atomic E-state index is 0.357. The molecule has 1 atom stereocenters. The summed E-state index contributed by atoms with van der Waals surface area (Å²) in [6, 6.07) is 2.37. The minimum Gasteiger partial charge on any atom is -0.384 e. The number of pyridine rings is 1. The van der Waals surface area contributed by atoms with Gasteiger partial charge < -0.3 is 25.0 Å². The summed E-state index contributed by atoms with van der Waals surface area (Å²) in [7, 11) is 0. The van der Waals surface area contributed by atoms with Crippen LogP contribution in [0.25, 0.3) is 11.4 Å². The van der Waals surface area contributed by atoms with Crippen LogP contribution >= 0.6 is 0 Å². The number of fused-ring (bicyclic) bond motifs is 3. The maximum Gasteiger partial charge on any atom is 0.165 e. The van der Waals surface area contributed by atoms with E-state index in [-0.39, 0.29) is 0 Å². The lowest BCUT2D eigenvalue weighted by molar-refractivity contribution is 0.0973. The smallest absolute Gasteiger partial charge is 0.165 e. The number of anilines is 3. The molecule has 6 rings (SSSR count).